The molecule has 1 saturated heterocycles. The first-order valence-corrected chi connectivity index (χ1v) is 16.5. The summed E-state index contributed by atoms with van der Waals surface area (Å²) in [4.78, 5) is 42.8. The van der Waals surface area contributed by atoms with Gasteiger partial charge in [0.2, 0.25) is 0 Å². The van der Waals surface area contributed by atoms with Crippen LogP contribution in [0.5, 0.6) is 0 Å². The molecule has 0 radical (unpaired) electrons. The van der Waals surface area contributed by atoms with Crippen LogP contribution in [-0.4, -0.2) is 60.1 Å². The third-order valence-electron chi connectivity index (χ3n) is 9.49. The Kier molecular flexibility index (Phi) is 20.0. The van der Waals surface area contributed by atoms with Gasteiger partial charge in [-0.1, -0.05) is 0 Å². The van der Waals surface area contributed by atoms with Gasteiger partial charge in [0.25, 0.3) is 0 Å². The number of aliphatic carboxylic acids is 1. The summed E-state index contributed by atoms with van der Waals surface area (Å²) in [6.45, 7) is 8.05. The molecule has 3 saturated carbocycles. The first kappa shape index (κ1) is 38.3. The molecule has 9 heteroatoms. The number of hydrogen-bond acceptors (Lipinski definition) is 8. The van der Waals surface area contributed by atoms with Crippen LogP contribution in [0.4, 0.5) is 0 Å². The highest BCUT2D eigenvalue weighted by Gasteiger charge is 2.23. The Bertz CT molecular complexity index is 777. The van der Waals surface area contributed by atoms with Crippen LogP contribution in [0.15, 0.2) is 0 Å². The fraction of sp³-hybridized carbons (Fsp3) is 0.879. The number of carbonyl (C=O) groups is 4. The van der Waals surface area contributed by atoms with Crippen LogP contribution in [-0.2, 0) is 19.2 Å². The fourth-order valence-corrected chi connectivity index (χ4v) is 6.46. The van der Waals surface area contributed by atoms with Gasteiger partial charge in [0.15, 0.2) is 0 Å². The van der Waals surface area contributed by atoms with E-state index in [9.17, 15) is 19.2 Å². The Morgan fingerprint density at radius 3 is 1.36 bits per heavy atom. The average Bonchev–Trinajstić information content (AvgIpc) is 2.95. The van der Waals surface area contributed by atoms with Gasteiger partial charge in [0.05, 0.1) is 0 Å². The first-order chi connectivity index (χ1) is 19.9. The second kappa shape index (κ2) is 21.9. The standard InChI is InChI=1S/C9H17NO.C8H15NO2.2C8H15NO/c1-7(11)9-4-2-8(6-10)3-5-9;9-7-3-1-6(2-4-7)5-8(10)11;1-7(10)6-8-2-4-9-5-3-8;1-6(10)7-2-4-8(9)5-3-7/h8-9H,2-6,10H2,1H3;6-7H,1-5,9H2,(H,10,11);8-9H,2-6H2,1H3;7-8H,2-5,9H2,1H3. The summed E-state index contributed by atoms with van der Waals surface area (Å²) in [5, 5.41) is 11.8. The zero-order valence-electron chi connectivity index (χ0n) is 26.8. The molecule has 244 valence electrons. The Labute approximate surface area is 254 Å². The second-order valence-electron chi connectivity index (χ2n) is 13.3. The topological polar surface area (TPSA) is 179 Å². The normalized spacial score (nSPS) is 29.7. The predicted molar refractivity (Wildman–Crippen MR) is 169 cm³/mol. The molecule has 8 N–H and O–H groups in total. The number of carboxylic acid groups (broad SMARTS) is 1. The maximum absolute atomic E-state index is 11.0. The molecule has 4 fully saturated rings. The van der Waals surface area contributed by atoms with Gasteiger partial charge in [0.1, 0.15) is 17.3 Å². The zero-order chi connectivity index (χ0) is 31.5. The lowest BCUT2D eigenvalue weighted by Gasteiger charge is -2.25. The molecular formula is C33H62N4O5. The van der Waals surface area contributed by atoms with E-state index in [2.05, 4.69) is 5.32 Å². The van der Waals surface area contributed by atoms with Crippen molar-refractivity contribution in [3.63, 3.8) is 0 Å². The molecule has 4 rings (SSSR count). The summed E-state index contributed by atoms with van der Waals surface area (Å²) in [5.41, 5.74) is 16.9. The van der Waals surface area contributed by atoms with Crippen LogP contribution in [0.2, 0.25) is 0 Å². The minimum Gasteiger partial charge on any atom is -0.481 e. The highest BCUT2D eigenvalue weighted by molar-refractivity contribution is 5.78. The third kappa shape index (κ3) is 18.1. The third-order valence-corrected chi connectivity index (χ3v) is 9.49. The molecule has 0 aromatic rings. The number of hydrogen-bond donors (Lipinski definition) is 5. The van der Waals surface area contributed by atoms with Crippen LogP contribution >= 0.6 is 0 Å². The molecular weight excluding hydrogens is 532 g/mol. The van der Waals surface area contributed by atoms with Gasteiger partial charge in [-0.3, -0.25) is 14.4 Å². The minimum atomic E-state index is -0.675. The van der Waals surface area contributed by atoms with Crippen molar-refractivity contribution in [2.24, 2.45) is 46.8 Å². The maximum Gasteiger partial charge on any atom is 0.303 e. The number of rotatable bonds is 7. The molecule has 0 unspecified atom stereocenters. The van der Waals surface area contributed by atoms with Crippen molar-refractivity contribution >= 4 is 23.3 Å². The molecule has 0 atom stereocenters. The van der Waals surface area contributed by atoms with Crippen molar-refractivity contribution in [2.45, 2.75) is 136 Å². The number of carbonyl (C=O) groups excluding carboxylic acids is 3. The van der Waals surface area contributed by atoms with E-state index in [1.165, 1.54) is 12.8 Å². The molecule has 1 heterocycles. The lowest BCUT2D eigenvalue weighted by atomic mass is 9.80. The van der Waals surface area contributed by atoms with E-state index in [0.717, 1.165) is 103 Å². The largest absolute Gasteiger partial charge is 0.481 e. The number of nitrogens with one attached hydrogen (secondary N) is 1. The number of piperidine rings is 1. The summed E-state index contributed by atoms with van der Waals surface area (Å²) in [7, 11) is 0. The fourth-order valence-electron chi connectivity index (χ4n) is 6.46. The van der Waals surface area contributed by atoms with E-state index in [4.69, 9.17) is 22.3 Å². The van der Waals surface area contributed by atoms with Gasteiger partial charge >= 0.3 is 5.97 Å². The summed E-state index contributed by atoms with van der Waals surface area (Å²) in [6, 6.07) is 0.677. The van der Waals surface area contributed by atoms with Gasteiger partial charge in [-0.2, -0.15) is 0 Å². The average molecular weight is 595 g/mol. The van der Waals surface area contributed by atoms with Gasteiger partial charge in [-0.05, 0) is 148 Å². The molecule has 9 nitrogen and oxygen atoms in total. The Morgan fingerprint density at radius 2 is 0.976 bits per heavy atom. The van der Waals surface area contributed by atoms with E-state index in [1.54, 1.807) is 20.8 Å². The van der Waals surface area contributed by atoms with Gasteiger partial charge in [-0.15, -0.1) is 0 Å². The highest BCUT2D eigenvalue weighted by atomic mass is 16.4. The van der Waals surface area contributed by atoms with Crippen molar-refractivity contribution in [3.8, 4) is 0 Å². The van der Waals surface area contributed by atoms with Crippen molar-refractivity contribution in [1.82, 2.24) is 5.32 Å². The van der Waals surface area contributed by atoms with E-state index in [0.29, 0.717) is 65.4 Å². The summed E-state index contributed by atoms with van der Waals surface area (Å²) >= 11 is 0. The monoisotopic (exact) mass is 594 g/mol. The number of Topliss-reactive ketones (excluding diaryl/α,β-unsaturated/α-hetero) is 3. The summed E-state index contributed by atoms with van der Waals surface area (Å²) in [6.07, 6.45) is 16.0. The second-order valence-corrected chi connectivity index (χ2v) is 13.3. The van der Waals surface area contributed by atoms with E-state index in [1.807, 2.05) is 0 Å². The lowest BCUT2D eigenvalue weighted by Crippen LogP contribution is -2.28. The Balaban J connectivity index is 0.000000280. The van der Waals surface area contributed by atoms with Crippen molar-refractivity contribution in [1.29, 1.82) is 0 Å². The van der Waals surface area contributed by atoms with E-state index < -0.39 is 5.97 Å². The Hall–Kier alpha value is -1.68. The highest BCUT2D eigenvalue weighted by Crippen LogP contribution is 2.28. The van der Waals surface area contributed by atoms with Crippen LogP contribution in [0, 0.1) is 29.6 Å². The summed E-state index contributed by atoms with van der Waals surface area (Å²) in [5.74, 6) is 2.76. The van der Waals surface area contributed by atoms with Crippen molar-refractivity contribution in [2.75, 3.05) is 19.6 Å². The Morgan fingerprint density at radius 1 is 0.595 bits per heavy atom. The molecule has 0 aromatic heterocycles. The van der Waals surface area contributed by atoms with Crippen molar-refractivity contribution in [3.05, 3.63) is 0 Å². The predicted octanol–water partition coefficient (Wildman–Crippen LogP) is 4.38. The number of carboxylic acids is 1. The lowest BCUT2D eigenvalue weighted by molar-refractivity contribution is -0.138. The molecule has 0 aromatic carbocycles. The van der Waals surface area contributed by atoms with Crippen LogP contribution in [0.1, 0.15) is 124 Å². The zero-order valence-corrected chi connectivity index (χ0v) is 26.8. The van der Waals surface area contributed by atoms with Gasteiger partial charge in [0, 0.05) is 36.8 Å². The molecule has 0 spiro atoms. The van der Waals surface area contributed by atoms with Crippen LogP contribution in [0.25, 0.3) is 0 Å². The molecule has 1 aliphatic heterocycles. The van der Waals surface area contributed by atoms with Gasteiger partial charge < -0.3 is 32.4 Å². The van der Waals surface area contributed by atoms with Crippen LogP contribution in [0.3, 0.4) is 0 Å². The first-order valence-electron chi connectivity index (χ1n) is 16.5. The van der Waals surface area contributed by atoms with Crippen molar-refractivity contribution < 1.29 is 24.3 Å². The molecule has 4 aliphatic rings. The molecule has 0 amide bonds. The summed E-state index contributed by atoms with van der Waals surface area (Å²) < 4.78 is 0. The quantitative estimate of drug-likeness (QED) is 0.286. The van der Waals surface area contributed by atoms with E-state index in [-0.39, 0.29) is 0 Å². The van der Waals surface area contributed by atoms with E-state index >= 15 is 0 Å². The van der Waals surface area contributed by atoms with Crippen LogP contribution < -0.4 is 22.5 Å². The smallest absolute Gasteiger partial charge is 0.303 e. The SMILES string of the molecule is CC(=O)C1CCC(CN)CC1.CC(=O)C1CCC(N)CC1.CC(=O)CC1CCNCC1.NC1CCC(CC(=O)O)CC1. The molecule has 42 heavy (non-hydrogen) atoms. The number of ketones is 3. The molecule has 0 bridgehead atoms. The molecule has 3 aliphatic carbocycles. The minimum absolute atomic E-state index is 0.319. The number of nitrogens with two attached hydrogens (primary N) is 3. The van der Waals surface area contributed by atoms with Gasteiger partial charge in [-0.25, -0.2) is 0 Å². The maximum atomic E-state index is 11.0.